The van der Waals surface area contributed by atoms with Crippen LogP contribution in [0.2, 0.25) is 10.0 Å². The van der Waals surface area contributed by atoms with Crippen molar-refractivity contribution < 1.29 is 14.7 Å². The van der Waals surface area contributed by atoms with Gasteiger partial charge in [-0.05, 0) is 18.4 Å². The third-order valence-electron chi connectivity index (χ3n) is 1.83. The number of anilines is 1. The summed E-state index contributed by atoms with van der Waals surface area (Å²) in [5.41, 5.74) is -0.0560. The number of hydrogen-bond donors (Lipinski definition) is 2. The number of aromatic carboxylic acids is 1. The third kappa shape index (κ3) is 3.80. The summed E-state index contributed by atoms with van der Waals surface area (Å²) in [4.78, 5) is 22.4. The fourth-order valence-electron chi connectivity index (χ4n) is 1.18. The molecular weight excluding hydrogens is 285 g/mol. The van der Waals surface area contributed by atoms with E-state index in [4.69, 9.17) is 28.3 Å². The standard InChI is InChI=1S/C10H9Cl2NO3S/c1-17-4-8(14)13-9-6(10(15)16)2-5(11)3-7(9)12/h2-3H,4H2,1H3,(H,13,14)(H,15,16). The number of rotatable bonds is 4. The molecule has 0 atom stereocenters. The molecule has 17 heavy (non-hydrogen) atoms. The Labute approximate surface area is 112 Å². The van der Waals surface area contributed by atoms with Crippen LogP contribution in [0.4, 0.5) is 5.69 Å². The highest BCUT2D eigenvalue weighted by atomic mass is 35.5. The molecule has 0 fully saturated rings. The number of carboxylic acid groups (broad SMARTS) is 1. The lowest BCUT2D eigenvalue weighted by molar-refractivity contribution is -0.113. The number of carboxylic acids is 1. The van der Waals surface area contributed by atoms with Crippen LogP contribution in [0.15, 0.2) is 12.1 Å². The van der Waals surface area contributed by atoms with E-state index in [9.17, 15) is 9.59 Å². The molecule has 0 aliphatic heterocycles. The number of halogens is 2. The van der Waals surface area contributed by atoms with Gasteiger partial charge in [0.25, 0.3) is 0 Å². The number of amides is 1. The van der Waals surface area contributed by atoms with Gasteiger partial charge >= 0.3 is 5.97 Å². The average Bonchev–Trinajstić information content (AvgIpc) is 2.21. The molecule has 0 radical (unpaired) electrons. The molecule has 1 aromatic rings. The summed E-state index contributed by atoms with van der Waals surface area (Å²) in [5, 5.41) is 11.7. The normalized spacial score (nSPS) is 10.1. The second-order valence-corrected chi connectivity index (χ2v) is 4.81. The van der Waals surface area contributed by atoms with Crippen molar-refractivity contribution in [3.63, 3.8) is 0 Å². The van der Waals surface area contributed by atoms with Gasteiger partial charge in [0.1, 0.15) is 0 Å². The molecule has 0 saturated heterocycles. The Morgan fingerprint density at radius 3 is 2.59 bits per heavy atom. The Kier molecular flexibility index (Phi) is 5.11. The van der Waals surface area contributed by atoms with Crippen LogP contribution < -0.4 is 5.32 Å². The highest BCUT2D eigenvalue weighted by molar-refractivity contribution is 7.99. The topological polar surface area (TPSA) is 66.4 Å². The number of nitrogens with one attached hydrogen (secondary N) is 1. The van der Waals surface area contributed by atoms with E-state index in [1.807, 2.05) is 0 Å². The average molecular weight is 294 g/mol. The molecule has 92 valence electrons. The summed E-state index contributed by atoms with van der Waals surface area (Å²) in [6.45, 7) is 0. The minimum absolute atomic E-state index is 0.0719. The Balaban J connectivity index is 3.12. The van der Waals surface area contributed by atoms with Gasteiger partial charge in [-0.1, -0.05) is 23.2 Å². The van der Waals surface area contributed by atoms with E-state index in [1.54, 1.807) is 6.26 Å². The molecule has 0 aliphatic rings. The highest BCUT2D eigenvalue weighted by Crippen LogP contribution is 2.30. The van der Waals surface area contributed by atoms with E-state index < -0.39 is 5.97 Å². The largest absolute Gasteiger partial charge is 0.478 e. The van der Waals surface area contributed by atoms with Crippen molar-refractivity contribution in [2.45, 2.75) is 0 Å². The first-order valence-electron chi connectivity index (χ1n) is 4.46. The number of hydrogen-bond acceptors (Lipinski definition) is 3. The molecule has 0 bridgehead atoms. The van der Waals surface area contributed by atoms with Crippen LogP contribution >= 0.6 is 35.0 Å². The Morgan fingerprint density at radius 2 is 2.06 bits per heavy atom. The van der Waals surface area contributed by atoms with Crippen LogP contribution in [0.3, 0.4) is 0 Å². The van der Waals surface area contributed by atoms with Gasteiger partial charge < -0.3 is 10.4 Å². The second-order valence-electron chi connectivity index (χ2n) is 3.10. The van der Waals surface area contributed by atoms with Crippen LogP contribution in [-0.4, -0.2) is 29.0 Å². The molecule has 0 unspecified atom stereocenters. The van der Waals surface area contributed by atoms with Crippen LogP contribution in [0, 0.1) is 0 Å². The zero-order valence-corrected chi connectivity index (χ0v) is 11.1. The summed E-state index contributed by atoms with van der Waals surface area (Å²) in [7, 11) is 0. The van der Waals surface area contributed by atoms with E-state index >= 15 is 0 Å². The molecule has 0 heterocycles. The minimum atomic E-state index is -1.20. The molecule has 1 rings (SSSR count). The summed E-state index contributed by atoms with van der Waals surface area (Å²) in [6.07, 6.45) is 1.77. The molecule has 1 aromatic carbocycles. The van der Waals surface area contributed by atoms with Gasteiger partial charge in [-0.25, -0.2) is 4.79 Å². The van der Waals surface area contributed by atoms with E-state index in [0.29, 0.717) is 0 Å². The molecule has 0 saturated carbocycles. The Hall–Kier alpha value is -0.910. The summed E-state index contributed by atoms with van der Waals surface area (Å²) in [5.74, 6) is -1.30. The maximum atomic E-state index is 11.4. The maximum absolute atomic E-state index is 11.4. The number of carbonyl (C=O) groups is 2. The predicted molar refractivity (Wildman–Crippen MR) is 70.4 cm³/mol. The van der Waals surface area contributed by atoms with Crippen molar-refractivity contribution in [1.29, 1.82) is 0 Å². The van der Waals surface area contributed by atoms with Gasteiger partial charge in [0.05, 0.1) is 22.0 Å². The minimum Gasteiger partial charge on any atom is -0.478 e. The van der Waals surface area contributed by atoms with Crippen molar-refractivity contribution in [3.05, 3.63) is 27.7 Å². The lowest BCUT2D eigenvalue weighted by Crippen LogP contribution is -2.16. The summed E-state index contributed by atoms with van der Waals surface area (Å²) >= 11 is 12.9. The van der Waals surface area contributed by atoms with Gasteiger partial charge in [0.2, 0.25) is 5.91 Å². The second kappa shape index (κ2) is 6.14. The van der Waals surface area contributed by atoms with Crippen LogP contribution in [0.1, 0.15) is 10.4 Å². The zero-order valence-electron chi connectivity index (χ0n) is 8.79. The number of carbonyl (C=O) groups excluding carboxylic acids is 1. The van der Waals surface area contributed by atoms with E-state index in [0.717, 1.165) is 0 Å². The van der Waals surface area contributed by atoms with Gasteiger partial charge in [0.15, 0.2) is 0 Å². The van der Waals surface area contributed by atoms with Crippen LogP contribution in [0.25, 0.3) is 0 Å². The van der Waals surface area contributed by atoms with Crippen molar-refractivity contribution in [2.24, 2.45) is 0 Å². The monoisotopic (exact) mass is 293 g/mol. The SMILES string of the molecule is CSCC(=O)Nc1c(Cl)cc(Cl)cc1C(=O)O. The third-order valence-corrected chi connectivity index (χ3v) is 2.89. The zero-order chi connectivity index (χ0) is 13.0. The maximum Gasteiger partial charge on any atom is 0.337 e. The Bertz CT molecular complexity index is 465. The molecule has 0 aliphatic carbocycles. The van der Waals surface area contributed by atoms with Crippen LogP contribution in [0.5, 0.6) is 0 Å². The summed E-state index contributed by atoms with van der Waals surface area (Å²) < 4.78 is 0. The fraction of sp³-hybridized carbons (Fsp3) is 0.200. The first-order valence-corrected chi connectivity index (χ1v) is 6.61. The van der Waals surface area contributed by atoms with Crippen LogP contribution in [-0.2, 0) is 4.79 Å². The van der Waals surface area contributed by atoms with Crippen molar-refractivity contribution in [1.82, 2.24) is 0 Å². The van der Waals surface area contributed by atoms with Gasteiger partial charge in [-0.15, -0.1) is 0 Å². The van der Waals surface area contributed by atoms with Crippen molar-refractivity contribution in [3.8, 4) is 0 Å². The fourth-order valence-corrected chi connectivity index (χ4v) is 2.05. The number of benzene rings is 1. The molecule has 0 spiro atoms. The quantitative estimate of drug-likeness (QED) is 0.896. The van der Waals surface area contributed by atoms with E-state index in [-0.39, 0.29) is 33.0 Å². The molecule has 7 heteroatoms. The lowest BCUT2D eigenvalue weighted by Gasteiger charge is -2.10. The Morgan fingerprint density at radius 1 is 1.41 bits per heavy atom. The van der Waals surface area contributed by atoms with Gasteiger partial charge in [-0.2, -0.15) is 11.8 Å². The highest BCUT2D eigenvalue weighted by Gasteiger charge is 2.16. The predicted octanol–water partition coefficient (Wildman–Crippen LogP) is 2.99. The number of thioether (sulfide) groups is 1. The molecule has 1 amide bonds. The van der Waals surface area contributed by atoms with Gasteiger partial charge in [-0.3, -0.25) is 4.79 Å². The first kappa shape index (κ1) is 14.2. The molecular formula is C10H9Cl2NO3S. The smallest absolute Gasteiger partial charge is 0.337 e. The van der Waals surface area contributed by atoms with E-state index in [1.165, 1.54) is 23.9 Å². The summed E-state index contributed by atoms with van der Waals surface area (Å²) in [6, 6.07) is 2.62. The van der Waals surface area contributed by atoms with E-state index in [2.05, 4.69) is 5.32 Å². The lowest BCUT2D eigenvalue weighted by atomic mass is 10.1. The van der Waals surface area contributed by atoms with Gasteiger partial charge in [0, 0.05) is 5.02 Å². The van der Waals surface area contributed by atoms with Crippen molar-refractivity contribution >= 4 is 52.5 Å². The molecule has 2 N–H and O–H groups in total. The first-order chi connectivity index (χ1) is 7.95. The molecule has 4 nitrogen and oxygen atoms in total. The molecule has 0 aromatic heterocycles. The van der Waals surface area contributed by atoms with Crippen molar-refractivity contribution in [2.75, 3.05) is 17.3 Å².